The van der Waals surface area contributed by atoms with Gasteiger partial charge in [0.15, 0.2) is 0 Å². The minimum absolute atomic E-state index is 0.641. The number of aryl methyl sites for hydroxylation is 1. The van der Waals surface area contributed by atoms with Crippen LogP contribution in [0.25, 0.3) is 0 Å². The Labute approximate surface area is 98.4 Å². The molecule has 0 atom stereocenters. The molecule has 0 amide bonds. The summed E-state index contributed by atoms with van der Waals surface area (Å²) in [6, 6.07) is 6.05. The number of hydrogen-bond acceptors (Lipinski definition) is 2. The van der Waals surface area contributed by atoms with E-state index < -0.39 is 5.60 Å². The molecule has 0 aliphatic carbocycles. The van der Waals surface area contributed by atoms with Crippen LogP contribution in [0.3, 0.4) is 0 Å². The molecule has 1 aliphatic rings. The van der Waals surface area contributed by atoms with Gasteiger partial charge in [-0.15, -0.1) is 0 Å². The lowest BCUT2D eigenvalue weighted by Gasteiger charge is -2.32. The monoisotopic (exact) mass is 270 g/mol. The Bertz CT molecular complexity index is 357. The van der Waals surface area contributed by atoms with E-state index in [-0.39, 0.29) is 0 Å². The van der Waals surface area contributed by atoms with Gasteiger partial charge in [0.25, 0.3) is 0 Å². The second-order valence-corrected chi connectivity index (χ2v) is 4.96. The molecule has 1 N–H and O–H groups in total. The lowest BCUT2D eigenvalue weighted by atomic mass is 9.86. The third kappa shape index (κ3) is 2.25. The second-order valence-electron chi connectivity index (χ2n) is 4.11. The summed E-state index contributed by atoms with van der Waals surface area (Å²) in [6.45, 7) is 3.33. The quantitative estimate of drug-likeness (QED) is 0.851. The lowest BCUT2D eigenvalue weighted by Crippen LogP contribution is -2.33. The van der Waals surface area contributed by atoms with Gasteiger partial charge in [0.05, 0.1) is 5.60 Å². The SMILES string of the molecule is Cc1ccc(C2(O)CCOCC2)cc1Br. The maximum atomic E-state index is 10.5. The molecule has 1 saturated heterocycles. The van der Waals surface area contributed by atoms with Crippen molar-refractivity contribution < 1.29 is 9.84 Å². The predicted octanol–water partition coefficient (Wildman–Crippen LogP) is 2.76. The zero-order chi connectivity index (χ0) is 10.9. The second kappa shape index (κ2) is 4.24. The maximum Gasteiger partial charge on any atom is 0.0940 e. The highest BCUT2D eigenvalue weighted by Crippen LogP contribution is 2.33. The molecular weight excluding hydrogens is 256 g/mol. The molecular formula is C12H15BrO2. The minimum atomic E-state index is -0.700. The third-order valence-corrected chi connectivity index (χ3v) is 3.88. The Kier molecular flexibility index (Phi) is 3.14. The van der Waals surface area contributed by atoms with E-state index in [0.29, 0.717) is 26.1 Å². The highest BCUT2D eigenvalue weighted by Gasteiger charge is 2.31. The molecule has 3 heteroatoms. The highest BCUT2D eigenvalue weighted by molar-refractivity contribution is 9.10. The van der Waals surface area contributed by atoms with Crippen molar-refractivity contribution in [2.45, 2.75) is 25.4 Å². The lowest BCUT2D eigenvalue weighted by molar-refractivity contribution is -0.0679. The van der Waals surface area contributed by atoms with Gasteiger partial charge in [0.2, 0.25) is 0 Å². The molecule has 0 spiro atoms. The molecule has 2 nitrogen and oxygen atoms in total. The standard InChI is InChI=1S/C12H15BrO2/c1-9-2-3-10(8-11(9)13)12(14)4-6-15-7-5-12/h2-3,8,14H,4-7H2,1H3. The number of hydrogen-bond donors (Lipinski definition) is 1. The number of rotatable bonds is 1. The summed E-state index contributed by atoms with van der Waals surface area (Å²) in [6.07, 6.45) is 1.37. The molecule has 1 aromatic carbocycles. The first-order chi connectivity index (χ1) is 7.12. The van der Waals surface area contributed by atoms with Crippen LogP contribution in [0.4, 0.5) is 0 Å². The van der Waals surface area contributed by atoms with Crippen LogP contribution >= 0.6 is 15.9 Å². The fraction of sp³-hybridized carbons (Fsp3) is 0.500. The Morgan fingerprint density at radius 1 is 1.33 bits per heavy atom. The normalized spacial score (nSPS) is 20.2. The average Bonchev–Trinajstić information content (AvgIpc) is 2.23. The van der Waals surface area contributed by atoms with E-state index in [1.54, 1.807) is 0 Å². The molecule has 82 valence electrons. The van der Waals surface area contributed by atoms with E-state index in [0.717, 1.165) is 10.0 Å². The number of halogens is 1. The average molecular weight is 271 g/mol. The summed E-state index contributed by atoms with van der Waals surface area (Å²) in [7, 11) is 0. The van der Waals surface area contributed by atoms with Crippen LogP contribution in [0.2, 0.25) is 0 Å². The summed E-state index contributed by atoms with van der Waals surface area (Å²) in [5.74, 6) is 0. The topological polar surface area (TPSA) is 29.5 Å². The zero-order valence-electron chi connectivity index (χ0n) is 8.79. The van der Waals surface area contributed by atoms with Gasteiger partial charge in [-0.05, 0) is 24.1 Å². The third-order valence-electron chi connectivity index (χ3n) is 3.03. The van der Waals surface area contributed by atoms with E-state index in [4.69, 9.17) is 4.74 Å². The minimum Gasteiger partial charge on any atom is -0.385 e. The summed E-state index contributed by atoms with van der Waals surface area (Å²) < 4.78 is 6.32. The van der Waals surface area contributed by atoms with Gasteiger partial charge in [0.1, 0.15) is 0 Å². The van der Waals surface area contributed by atoms with Crippen molar-refractivity contribution in [3.8, 4) is 0 Å². The van der Waals surface area contributed by atoms with E-state index in [1.807, 2.05) is 25.1 Å². The van der Waals surface area contributed by atoms with Crippen molar-refractivity contribution in [1.82, 2.24) is 0 Å². The van der Waals surface area contributed by atoms with Gasteiger partial charge in [-0.2, -0.15) is 0 Å². The first-order valence-corrected chi connectivity index (χ1v) is 5.98. The Hall–Kier alpha value is -0.380. The number of benzene rings is 1. The van der Waals surface area contributed by atoms with Crippen molar-refractivity contribution in [3.05, 3.63) is 33.8 Å². The van der Waals surface area contributed by atoms with Crippen LogP contribution in [-0.4, -0.2) is 18.3 Å². The van der Waals surface area contributed by atoms with Crippen LogP contribution in [0.15, 0.2) is 22.7 Å². The number of ether oxygens (including phenoxy) is 1. The van der Waals surface area contributed by atoms with E-state index in [9.17, 15) is 5.11 Å². The highest BCUT2D eigenvalue weighted by atomic mass is 79.9. The molecule has 0 saturated carbocycles. The molecule has 15 heavy (non-hydrogen) atoms. The van der Waals surface area contributed by atoms with Gasteiger partial charge in [-0.1, -0.05) is 28.1 Å². The van der Waals surface area contributed by atoms with Crippen molar-refractivity contribution in [3.63, 3.8) is 0 Å². The van der Waals surface area contributed by atoms with Crippen molar-refractivity contribution >= 4 is 15.9 Å². The van der Waals surface area contributed by atoms with E-state index in [1.165, 1.54) is 5.56 Å². The Balaban J connectivity index is 2.31. The van der Waals surface area contributed by atoms with Crippen LogP contribution in [0.5, 0.6) is 0 Å². The molecule has 1 fully saturated rings. The van der Waals surface area contributed by atoms with Crippen molar-refractivity contribution in [2.24, 2.45) is 0 Å². The molecule has 0 radical (unpaired) electrons. The molecule has 0 aromatic heterocycles. The van der Waals surface area contributed by atoms with Gasteiger partial charge in [0, 0.05) is 30.5 Å². The van der Waals surface area contributed by atoms with Crippen LogP contribution in [0.1, 0.15) is 24.0 Å². The van der Waals surface area contributed by atoms with Crippen LogP contribution < -0.4 is 0 Å². The summed E-state index contributed by atoms with van der Waals surface area (Å²) in [5, 5.41) is 10.5. The molecule has 1 heterocycles. The van der Waals surface area contributed by atoms with Gasteiger partial charge >= 0.3 is 0 Å². The maximum absolute atomic E-state index is 10.5. The van der Waals surface area contributed by atoms with E-state index >= 15 is 0 Å². The summed E-state index contributed by atoms with van der Waals surface area (Å²) in [4.78, 5) is 0. The van der Waals surface area contributed by atoms with Gasteiger partial charge in [-0.25, -0.2) is 0 Å². The first kappa shape index (κ1) is 11.1. The van der Waals surface area contributed by atoms with E-state index in [2.05, 4.69) is 15.9 Å². The Morgan fingerprint density at radius 3 is 2.60 bits per heavy atom. The molecule has 2 rings (SSSR count). The molecule has 1 aliphatic heterocycles. The first-order valence-electron chi connectivity index (χ1n) is 5.19. The smallest absolute Gasteiger partial charge is 0.0940 e. The Morgan fingerprint density at radius 2 is 2.00 bits per heavy atom. The number of aliphatic hydroxyl groups is 1. The van der Waals surface area contributed by atoms with Gasteiger partial charge < -0.3 is 9.84 Å². The summed E-state index contributed by atoms with van der Waals surface area (Å²) in [5.41, 5.74) is 1.48. The largest absolute Gasteiger partial charge is 0.385 e. The van der Waals surface area contributed by atoms with Crippen molar-refractivity contribution in [2.75, 3.05) is 13.2 Å². The predicted molar refractivity (Wildman–Crippen MR) is 62.8 cm³/mol. The van der Waals surface area contributed by atoms with Gasteiger partial charge in [-0.3, -0.25) is 0 Å². The van der Waals surface area contributed by atoms with Crippen LogP contribution in [0, 0.1) is 6.92 Å². The molecule has 0 bridgehead atoms. The van der Waals surface area contributed by atoms with Crippen molar-refractivity contribution in [1.29, 1.82) is 0 Å². The summed E-state index contributed by atoms with van der Waals surface area (Å²) >= 11 is 3.49. The molecule has 0 unspecified atom stereocenters. The fourth-order valence-corrected chi connectivity index (χ4v) is 2.26. The molecule has 1 aromatic rings. The zero-order valence-corrected chi connectivity index (χ0v) is 10.4. The fourth-order valence-electron chi connectivity index (χ4n) is 1.88. The van der Waals surface area contributed by atoms with Crippen LogP contribution in [-0.2, 0) is 10.3 Å².